The predicted molar refractivity (Wildman–Crippen MR) is 91.0 cm³/mol. The summed E-state index contributed by atoms with van der Waals surface area (Å²) in [5.41, 5.74) is 1.30. The maximum absolute atomic E-state index is 6.13. The van der Waals surface area contributed by atoms with Crippen molar-refractivity contribution in [2.75, 3.05) is 45.8 Å². The van der Waals surface area contributed by atoms with E-state index < -0.39 is 0 Å². The molecule has 0 radical (unpaired) electrons. The second-order valence-electron chi connectivity index (χ2n) is 5.73. The van der Waals surface area contributed by atoms with Crippen molar-refractivity contribution in [2.45, 2.75) is 26.3 Å². The van der Waals surface area contributed by atoms with Gasteiger partial charge in [-0.3, -0.25) is 0 Å². The van der Waals surface area contributed by atoms with Gasteiger partial charge in [-0.1, -0.05) is 37.6 Å². The maximum atomic E-state index is 6.13. The largest absolute Gasteiger partial charge is 0.310 e. The van der Waals surface area contributed by atoms with Crippen LogP contribution in [0.3, 0.4) is 0 Å². The SMILES string of the molecule is CCNC(CCN1CCN(CC)CC1)c1cccc(Cl)c1. The molecule has 1 N–H and O–H groups in total. The first-order chi connectivity index (χ1) is 10.2. The maximum Gasteiger partial charge on any atom is 0.0409 e. The number of likely N-dealkylation sites (N-methyl/N-ethyl adjacent to an activating group) is 1. The molecule has 1 aromatic rings. The molecule has 118 valence electrons. The Balaban J connectivity index is 1.86. The van der Waals surface area contributed by atoms with E-state index in [1.165, 1.54) is 38.3 Å². The Hall–Kier alpha value is -0.610. The number of piperazine rings is 1. The molecule has 21 heavy (non-hydrogen) atoms. The molecular formula is C17H28ClN3. The molecule has 0 aliphatic carbocycles. The van der Waals surface area contributed by atoms with Gasteiger partial charge in [-0.25, -0.2) is 0 Å². The van der Waals surface area contributed by atoms with Crippen molar-refractivity contribution >= 4 is 11.6 Å². The minimum absolute atomic E-state index is 0.401. The summed E-state index contributed by atoms with van der Waals surface area (Å²) >= 11 is 6.13. The first-order valence-corrected chi connectivity index (χ1v) is 8.54. The van der Waals surface area contributed by atoms with Crippen LogP contribution in [0.25, 0.3) is 0 Å². The topological polar surface area (TPSA) is 18.5 Å². The second-order valence-corrected chi connectivity index (χ2v) is 6.17. The molecule has 3 nitrogen and oxygen atoms in total. The average Bonchev–Trinajstić information content (AvgIpc) is 2.52. The lowest BCUT2D eigenvalue weighted by Gasteiger charge is -2.34. The molecule has 1 saturated heterocycles. The van der Waals surface area contributed by atoms with Gasteiger partial charge in [-0.2, -0.15) is 0 Å². The molecule has 1 atom stereocenters. The van der Waals surface area contributed by atoms with Gasteiger partial charge < -0.3 is 15.1 Å². The van der Waals surface area contributed by atoms with E-state index in [1.807, 2.05) is 12.1 Å². The lowest BCUT2D eigenvalue weighted by molar-refractivity contribution is 0.133. The molecule has 0 aromatic heterocycles. The molecule has 1 fully saturated rings. The van der Waals surface area contributed by atoms with Gasteiger partial charge in [0.05, 0.1) is 0 Å². The van der Waals surface area contributed by atoms with Crippen LogP contribution in [0.15, 0.2) is 24.3 Å². The Kier molecular flexibility index (Phi) is 6.97. The molecule has 0 bridgehead atoms. The highest BCUT2D eigenvalue weighted by Gasteiger charge is 2.17. The minimum Gasteiger partial charge on any atom is -0.310 e. The number of rotatable bonds is 7. The van der Waals surface area contributed by atoms with Gasteiger partial charge in [-0.15, -0.1) is 0 Å². The van der Waals surface area contributed by atoms with Crippen molar-refractivity contribution in [3.63, 3.8) is 0 Å². The van der Waals surface area contributed by atoms with Gasteiger partial charge in [0.2, 0.25) is 0 Å². The first kappa shape index (κ1) is 16.8. The zero-order valence-electron chi connectivity index (χ0n) is 13.3. The van der Waals surface area contributed by atoms with E-state index in [0.717, 1.165) is 24.5 Å². The average molecular weight is 310 g/mol. The third kappa shape index (κ3) is 5.26. The van der Waals surface area contributed by atoms with E-state index in [0.29, 0.717) is 6.04 Å². The molecule has 0 amide bonds. The van der Waals surface area contributed by atoms with Crippen molar-refractivity contribution in [3.8, 4) is 0 Å². The van der Waals surface area contributed by atoms with Gasteiger partial charge in [0, 0.05) is 43.8 Å². The molecule has 1 aromatic carbocycles. The van der Waals surface area contributed by atoms with E-state index in [2.05, 4.69) is 41.1 Å². The normalized spacial score (nSPS) is 18.8. The summed E-state index contributed by atoms with van der Waals surface area (Å²) in [5.74, 6) is 0. The van der Waals surface area contributed by atoms with Gasteiger partial charge in [-0.05, 0) is 37.2 Å². The fraction of sp³-hybridized carbons (Fsp3) is 0.647. The van der Waals surface area contributed by atoms with Crippen LogP contribution < -0.4 is 5.32 Å². The van der Waals surface area contributed by atoms with Gasteiger partial charge in [0.25, 0.3) is 0 Å². The smallest absolute Gasteiger partial charge is 0.0409 e. The van der Waals surface area contributed by atoms with Crippen molar-refractivity contribution in [1.29, 1.82) is 0 Å². The molecule has 4 heteroatoms. The third-order valence-corrected chi connectivity index (χ3v) is 4.58. The first-order valence-electron chi connectivity index (χ1n) is 8.16. The van der Waals surface area contributed by atoms with Crippen molar-refractivity contribution in [2.24, 2.45) is 0 Å². The van der Waals surface area contributed by atoms with Gasteiger partial charge in [0.15, 0.2) is 0 Å². The number of nitrogens with one attached hydrogen (secondary N) is 1. The Labute approximate surface area is 134 Å². The number of nitrogens with zero attached hydrogens (tertiary/aromatic N) is 2. The van der Waals surface area contributed by atoms with E-state index in [4.69, 9.17) is 11.6 Å². The summed E-state index contributed by atoms with van der Waals surface area (Å²) in [5, 5.41) is 4.42. The Morgan fingerprint density at radius 2 is 1.86 bits per heavy atom. The molecule has 2 rings (SSSR count). The summed E-state index contributed by atoms with van der Waals surface area (Å²) in [6.07, 6.45) is 1.14. The monoisotopic (exact) mass is 309 g/mol. The third-order valence-electron chi connectivity index (χ3n) is 4.35. The molecule has 1 heterocycles. The quantitative estimate of drug-likeness (QED) is 0.835. The highest BCUT2D eigenvalue weighted by molar-refractivity contribution is 6.30. The number of hydrogen-bond donors (Lipinski definition) is 1. The lowest BCUT2D eigenvalue weighted by Crippen LogP contribution is -2.46. The van der Waals surface area contributed by atoms with Crippen LogP contribution in [0.1, 0.15) is 31.9 Å². The van der Waals surface area contributed by atoms with Crippen LogP contribution in [0.5, 0.6) is 0 Å². The fourth-order valence-corrected chi connectivity index (χ4v) is 3.20. The minimum atomic E-state index is 0.401. The molecule has 0 spiro atoms. The van der Waals surface area contributed by atoms with Crippen LogP contribution in [0, 0.1) is 0 Å². The lowest BCUT2D eigenvalue weighted by atomic mass is 10.0. The molecular weight excluding hydrogens is 282 g/mol. The van der Waals surface area contributed by atoms with E-state index >= 15 is 0 Å². The Bertz CT molecular complexity index is 416. The standard InChI is InChI=1S/C17H28ClN3/c1-3-19-17(15-6-5-7-16(18)14-15)8-9-21-12-10-20(4-2)11-13-21/h5-7,14,17,19H,3-4,8-13H2,1-2H3. The van der Waals surface area contributed by atoms with Crippen molar-refractivity contribution in [1.82, 2.24) is 15.1 Å². The van der Waals surface area contributed by atoms with Crippen molar-refractivity contribution < 1.29 is 0 Å². The van der Waals surface area contributed by atoms with E-state index in [1.54, 1.807) is 0 Å². The Morgan fingerprint density at radius 1 is 1.14 bits per heavy atom. The zero-order chi connectivity index (χ0) is 15.1. The van der Waals surface area contributed by atoms with E-state index in [9.17, 15) is 0 Å². The molecule has 1 aliphatic rings. The summed E-state index contributed by atoms with van der Waals surface area (Å²) in [6.45, 7) is 12.5. The summed E-state index contributed by atoms with van der Waals surface area (Å²) in [7, 11) is 0. The zero-order valence-corrected chi connectivity index (χ0v) is 14.1. The highest BCUT2D eigenvalue weighted by atomic mass is 35.5. The van der Waals surface area contributed by atoms with Crippen molar-refractivity contribution in [3.05, 3.63) is 34.9 Å². The summed E-state index contributed by atoms with van der Waals surface area (Å²) in [4.78, 5) is 5.11. The number of hydrogen-bond acceptors (Lipinski definition) is 3. The Morgan fingerprint density at radius 3 is 2.48 bits per heavy atom. The van der Waals surface area contributed by atoms with Crippen LogP contribution in [0.4, 0.5) is 0 Å². The van der Waals surface area contributed by atoms with Gasteiger partial charge >= 0.3 is 0 Å². The molecule has 1 aliphatic heterocycles. The fourth-order valence-electron chi connectivity index (χ4n) is 3.00. The summed E-state index contributed by atoms with van der Waals surface area (Å²) in [6, 6.07) is 8.65. The highest BCUT2D eigenvalue weighted by Crippen LogP contribution is 2.21. The molecule has 1 unspecified atom stereocenters. The second kappa shape index (κ2) is 8.74. The molecule has 0 saturated carbocycles. The van der Waals surface area contributed by atoms with Gasteiger partial charge in [0.1, 0.15) is 0 Å². The van der Waals surface area contributed by atoms with E-state index in [-0.39, 0.29) is 0 Å². The summed E-state index contributed by atoms with van der Waals surface area (Å²) < 4.78 is 0. The predicted octanol–water partition coefficient (Wildman–Crippen LogP) is 3.02. The number of halogens is 1. The van der Waals surface area contributed by atoms with Crippen LogP contribution in [-0.2, 0) is 0 Å². The number of benzene rings is 1. The van der Waals surface area contributed by atoms with Crippen LogP contribution >= 0.6 is 11.6 Å². The van der Waals surface area contributed by atoms with Crippen LogP contribution in [0.2, 0.25) is 5.02 Å². The van der Waals surface area contributed by atoms with Crippen LogP contribution in [-0.4, -0.2) is 55.6 Å².